The van der Waals surface area contributed by atoms with Crippen molar-refractivity contribution < 1.29 is 4.74 Å². The lowest BCUT2D eigenvalue weighted by atomic mass is 9.76. The van der Waals surface area contributed by atoms with Crippen LogP contribution in [0.5, 0.6) is 0 Å². The van der Waals surface area contributed by atoms with Gasteiger partial charge in [-0.3, -0.25) is 4.90 Å². The molecule has 1 aromatic heterocycles. The van der Waals surface area contributed by atoms with Gasteiger partial charge in [0.1, 0.15) is 0 Å². The van der Waals surface area contributed by atoms with Crippen LogP contribution in [0.1, 0.15) is 24.1 Å². The first-order chi connectivity index (χ1) is 9.71. The Labute approximate surface area is 126 Å². The van der Waals surface area contributed by atoms with Crippen LogP contribution >= 0.6 is 11.3 Å². The summed E-state index contributed by atoms with van der Waals surface area (Å²) in [5.41, 5.74) is 0.559. The molecule has 0 amide bonds. The van der Waals surface area contributed by atoms with E-state index in [1.165, 1.54) is 43.8 Å². The Hall–Kier alpha value is -0.420. The van der Waals surface area contributed by atoms with Crippen molar-refractivity contribution in [1.29, 1.82) is 0 Å². The van der Waals surface area contributed by atoms with E-state index < -0.39 is 0 Å². The molecule has 3 heterocycles. The van der Waals surface area contributed by atoms with Crippen molar-refractivity contribution in [3.8, 4) is 0 Å². The number of methoxy groups -OCH3 is 1. The third-order valence-corrected chi connectivity index (χ3v) is 5.97. The Balaban J connectivity index is 1.53. The molecule has 1 atom stereocenters. The predicted molar refractivity (Wildman–Crippen MR) is 84.2 cm³/mol. The zero-order valence-corrected chi connectivity index (χ0v) is 13.5. The first-order valence-electron chi connectivity index (χ1n) is 7.65. The Kier molecular flexibility index (Phi) is 4.46. The summed E-state index contributed by atoms with van der Waals surface area (Å²) >= 11 is 1.88. The van der Waals surface area contributed by atoms with Crippen LogP contribution < -0.4 is 0 Å². The maximum absolute atomic E-state index is 5.37. The molecule has 0 radical (unpaired) electrons. The van der Waals surface area contributed by atoms with Crippen molar-refractivity contribution in [3.05, 3.63) is 22.4 Å². The first kappa shape index (κ1) is 14.5. The second-order valence-electron chi connectivity index (χ2n) is 6.58. The van der Waals surface area contributed by atoms with Crippen molar-refractivity contribution in [1.82, 2.24) is 9.80 Å². The van der Waals surface area contributed by atoms with Gasteiger partial charge in [-0.1, -0.05) is 6.07 Å². The van der Waals surface area contributed by atoms with Crippen LogP contribution in [0.4, 0.5) is 0 Å². The fourth-order valence-corrected chi connectivity index (χ4v) is 4.67. The van der Waals surface area contributed by atoms with Crippen LogP contribution in [-0.2, 0) is 11.3 Å². The van der Waals surface area contributed by atoms with Gasteiger partial charge >= 0.3 is 0 Å². The van der Waals surface area contributed by atoms with E-state index >= 15 is 0 Å². The molecule has 4 heteroatoms. The maximum Gasteiger partial charge on any atom is 0.0618 e. The van der Waals surface area contributed by atoms with E-state index in [0.717, 1.165) is 13.2 Å². The highest BCUT2D eigenvalue weighted by Crippen LogP contribution is 2.43. The monoisotopic (exact) mass is 294 g/mol. The van der Waals surface area contributed by atoms with Crippen molar-refractivity contribution in [2.24, 2.45) is 5.41 Å². The number of hydrogen-bond donors (Lipinski definition) is 0. The van der Waals surface area contributed by atoms with Gasteiger partial charge in [-0.05, 0) is 56.3 Å². The van der Waals surface area contributed by atoms with Gasteiger partial charge in [0.15, 0.2) is 0 Å². The molecule has 1 aromatic rings. The highest BCUT2D eigenvalue weighted by atomic mass is 32.1. The van der Waals surface area contributed by atoms with Crippen molar-refractivity contribution in [2.45, 2.75) is 31.8 Å². The molecule has 0 aromatic carbocycles. The summed E-state index contributed by atoms with van der Waals surface area (Å²) in [5.74, 6) is 0. The molecular formula is C16H26N2OS. The standard InChI is InChI=1S/C16H26N2OS/c1-17-13-16(10-14(17)12-19-2)5-7-18(8-6-16)11-15-4-3-9-20-15/h3-4,9,14H,5-8,10-13H2,1-2H3/t14-/m1/s1. The lowest BCUT2D eigenvalue weighted by Crippen LogP contribution is -2.40. The summed E-state index contributed by atoms with van der Waals surface area (Å²) in [6.45, 7) is 5.80. The minimum atomic E-state index is 0.559. The molecule has 2 aliphatic rings. The number of rotatable bonds is 4. The third-order valence-electron chi connectivity index (χ3n) is 5.11. The highest BCUT2D eigenvalue weighted by molar-refractivity contribution is 7.09. The number of likely N-dealkylation sites (N-methyl/N-ethyl adjacent to an activating group) is 1. The molecule has 0 bridgehead atoms. The van der Waals surface area contributed by atoms with E-state index in [1.54, 1.807) is 0 Å². The number of piperidine rings is 1. The van der Waals surface area contributed by atoms with Crippen LogP contribution in [0.25, 0.3) is 0 Å². The van der Waals surface area contributed by atoms with Gasteiger partial charge in [-0.25, -0.2) is 0 Å². The third kappa shape index (κ3) is 3.08. The number of thiophene rings is 1. The molecule has 2 fully saturated rings. The van der Waals surface area contributed by atoms with Crippen molar-refractivity contribution in [2.75, 3.05) is 40.4 Å². The minimum Gasteiger partial charge on any atom is -0.383 e. The molecule has 3 rings (SSSR count). The average Bonchev–Trinajstić information content (AvgIpc) is 3.03. The van der Waals surface area contributed by atoms with Gasteiger partial charge in [0.25, 0.3) is 0 Å². The van der Waals surface area contributed by atoms with Gasteiger partial charge in [0, 0.05) is 31.1 Å². The normalized spacial score (nSPS) is 27.4. The molecule has 2 saturated heterocycles. The van der Waals surface area contributed by atoms with E-state index in [-0.39, 0.29) is 0 Å². The SMILES string of the molecule is COC[C@H]1CC2(CCN(Cc3cccs3)CC2)CN1C. The van der Waals surface area contributed by atoms with Crippen LogP contribution in [0, 0.1) is 5.41 Å². The quantitative estimate of drug-likeness (QED) is 0.849. The number of ether oxygens (including phenoxy) is 1. The summed E-state index contributed by atoms with van der Waals surface area (Å²) in [4.78, 5) is 6.64. The average molecular weight is 294 g/mol. The largest absolute Gasteiger partial charge is 0.383 e. The first-order valence-corrected chi connectivity index (χ1v) is 8.53. The zero-order valence-electron chi connectivity index (χ0n) is 12.7. The number of likely N-dealkylation sites (tertiary alicyclic amines) is 2. The Bertz CT molecular complexity index is 412. The number of hydrogen-bond acceptors (Lipinski definition) is 4. The maximum atomic E-state index is 5.37. The van der Waals surface area contributed by atoms with E-state index in [1.807, 2.05) is 18.4 Å². The lowest BCUT2D eigenvalue weighted by molar-refractivity contribution is 0.105. The smallest absolute Gasteiger partial charge is 0.0618 e. The predicted octanol–water partition coefficient (Wildman–Crippen LogP) is 2.68. The fraction of sp³-hybridized carbons (Fsp3) is 0.750. The molecule has 0 N–H and O–H groups in total. The second kappa shape index (κ2) is 6.14. The van der Waals surface area contributed by atoms with E-state index in [4.69, 9.17) is 4.74 Å². The molecule has 2 aliphatic heterocycles. The zero-order chi connectivity index (χ0) is 14.0. The van der Waals surface area contributed by atoms with Gasteiger partial charge < -0.3 is 9.64 Å². The van der Waals surface area contributed by atoms with Crippen molar-refractivity contribution in [3.63, 3.8) is 0 Å². The van der Waals surface area contributed by atoms with Crippen LogP contribution in [-0.4, -0.2) is 56.2 Å². The Morgan fingerprint density at radius 2 is 2.20 bits per heavy atom. The molecule has 0 saturated carbocycles. The minimum absolute atomic E-state index is 0.559. The van der Waals surface area contributed by atoms with E-state index in [9.17, 15) is 0 Å². The summed E-state index contributed by atoms with van der Waals surface area (Å²) in [6, 6.07) is 5.04. The van der Waals surface area contributed by atoms with Gasteiger partial charge in [0.05, 0.1) is 6.61 Å². The van der Waals surface area contributed by atoms with E-state index in [2.05, 4.69) is 34.4 Å². The fourth-order valence-electron chi connectivity index (χ4n) is 3.93. The van der Waals surface area contributed by atoms with Gasteiger partial charge in [0.2, 0.25) is 0 Å². The summed E-state index contributed by atoms with van der Waals surface area (Å²) in [5, 5.41) is 2.18. The van der Waals surface area contributed by atoms with Gasteiger partial charge in [-0.2, -0.15) is 0 Å². The topological polar surface area (TPSA) is 15.7 Å². The van der Waals surface area contributed by atoms with Gasteiger partial charge in [-0.15, -0.1) is 11.3 Å². The van der Waals surface area contributed by atoms with Crippen molar-refractivity contribution >= 4 is 11.3 Å². The van der Waals surface area contributed by atoms with E-state index in [0.29, 0.717) is 11.5 Å². The molecule has 0 unspecified atom stereocenters. The molecule has 1 spiro atoms. The Morgan fingerprint density at radius 3 is 2.85 bits per heavy atom. The summed E-state index contributed by atoms with van der Waals surface area (Å²) in [6.07, 6.45) is 4.02. The summed E-state index contributed by atoms with van der Waals surface area (Å²) in [7, 11) is 4.08. The highest BCUT2D eigenvalue weighted by Gasteiger charge is 2.43. The van der Waals surface area contributed by atoms with Crippen LogP contribution in [0.3, 0.4) is 0 Å². The lowest BCUT2D eigenvalue weighted by Gasteiger charge is -2.39. The van der Waals surface area contributed by atoms with Crippen LogP contribution in [0.2, 0.25) is 0 Å². The second-order valence-corrected chi connectivity index (χ2v) is 7.62. The molecular weight excluding hydrogens is 268 g/mol. The molecule has 0 aliphatic carbocycles. The van der Waals surface area contributed by atoms with Crippen LogP contribution in [0.15, 0.2) is 17.5 Å². The molecule has 3 nitrogen and oxygen atoms in total. The molecule has 112 valence electrons. The Morgan fingerprint density at radius 1 is 1.40 bits per heavy atom. The summed E-state index contributed by atoms with van der Waals surface area (Å²) < 4.78 is 5.37. The molecule has 20 heavy (non-hydrogen) atoms. The number of nitrogens with zero attached hydrogens (tertiary/aromatic N) is 2.